The molecule has 2 aliphatic carbocycles. The average Bonchev–Trinajstić information content (AvgIpc) is 3.21. The standard InChI is InChI=1S/C18H22N2O/c21-18-5-2-8-20(18)17-4-1-3-16(11-17)19-12-15-10-13-6-7-14(15)9-13/h1,3-4,6-7,11,13-15,19H,2,5,8-10,12H2. The highest BCUT2D eigenvalue weighted by Crippen LogP contribution is 2.43. The van der Waals surface area contributed by atoms with Crippen LogP contribution in [0, 0.1) is 17.8 Å². The first-order valence-electron chi connectivity index (χ1n) is 8.12. The molecule has 0 aromatic heterocycles. The maximum absolute atomic E-state index is 11.8. The van der Waals surface area contributed by atoms with Crippen molar-refractivity contribution in [3.63, 3.8) is 0 Å². The number of fused-ring (bicyclic) bond motifs is 2. The number of benzene rings is 1. The van der Waals surface area contributed by atoms with E-state index in [1.807, 2.05) is 17.0 Å². The van der Waals surface area contributed by atoms with E-state index < -0.39 is 0 Å². The normalized spacial score (nSPS) is 30.4. The fraction of sp³-hybridized carbons (Fsp3) is 0.500. The zero-order chi connectivity index (χ0) is 14.2. The third-order valence-corrected chi connectivity index (χ3v) is 5.22. The van der Waals surface area contributed by atoms with Crippen molar-refractivity contribution < 1.29 is 4.79 Å². The van der Waals surface area contributed by atoms with Crippen molar-refractivity contribution in [1.29, 1.82) is 0 Å². The van der Waals surface area contributed by atoms with Gasteiger partial charge in [0.2, 0.25) is 5.91 Å². The van der Waals surface area contributed by atoms with Gasteiger partial charge in [-0.2, -0.15) is 0 Å². The molecule has 110 valence electrons. The van der Waals surface area contributed by atoms with E-state index in [2.05, 4.69) is 29.6 Å². The second-order valence-corrected chi connectivity index (χ2v) is 6.62. The van der Waals surface area contributed by atoms with E-state index in [9.17, 15) is 4.79 Å². The number of nitrogens with one attached hydrogen (secondary N) is 1. The van der Waals surface area contributed by atoms with Crippen molar-refractivity contribution in [2.75, 3.05) is 23.3 Å². The number of nitrogens with zero attached hydrogens (tertiary/aromatic N) is 1. The molecular weight excluding hydrogens is 260 g/mol. The van der Waals surface area contributed by atoms with Gasteiger partial charge in [0.25, 0.3) is 0 Å². The highest BCUT2D eigenvalue weighted by molar-refractivity contribution is 5.95. The molecule has 2 fully saturated rings. The van der Waals surface area contributed by atoms with Gasteiger partial charge in [-0.25, -0.2) is 0 Å². The first kappa shape index (κ1) is 12.9. The number of anilines is 2. The molecule has 3 aliphatic rings. The lowest BCUT2D eigenvalue weighted by atomic mass is 9.93. The molecule has 1 heterocycles. The maximum Gasteiger partial charge on any atom is 0.227 e. The molecule has 1 aliphatic heterocycles. The summed E-state index contributed by atoms with van der Waals surface area (Å²) in [7, 11) is 0. The van der Waals surface area contributed by atoms with Gasteiger partial charge in [-0.05, 0) is 55.2 Å². The van der Waals surface area contributed by atoms with E-state index in [-0.39, 0.29) is 5.91 Å². The molecule has 0 spiro atoms. The van der Waals surface area contributed by atoms with Crippen LogP contribution in [-0.4, -0.2) is 19.0 Å². The van der Waals surface area contributed by atoms with E-state index in [4.69, 9.17) is 0 Å². The number of amides is 1. The molecule has 3 unspecified atom stereocenters. The van der Waals surface area contributed by atoms with Crippen LogP contribution < -0.4 is 10.2 Å². The SMILES string of the molecule is O=C1CCCN1c1cccc(NCC2CC3C=CC2C3)c1. The fourth-order valence-corrected chi connectivity index (χ4v) is 4.08. The van der Waals surface area contributed by atoms with E-state index in [0.29, 0.717) is 6.42 Å². The van der Waals surface area contributed by atoms with Crippen LogP contribution in [0.15, 0.2) is 36.4 Å². The maximum atomic E-state index is 11.8. The molecular formula is C18H22N2O. The number of rotatable bonds is 4. The predicted molar refractivity (Wildman–Crippen MR) is 85.4 cm³/mol. The van der Waals surface area contributed by atoms with Crippen molar-refractivity contribution in [2.24, 2.45) is 17.8 Å². The lowest BCUT2D eigenvalue weighted by Crippen LogP contribution is -2.24. The minimum Gasteiger partial charge on any atom is -0.385 e. The molecule has 1 N–H and O–H groups in total. The molecule has 1 saturated carbocycles. The lowest BCUT2D eigenvalue weighted by molar-refractivity contribution is -0.117. The highest BCUT2D eigenvalue weighted by Gasteiger charge is 2.35. The summed E-state index contributed by atoms with van der Waals surface area (Å²) in [5, 5.41) is 3.58. The van der Waals surface area contributed by atoms with Gasteiger partial charge in [0.15, 0.2) is 0 Å². The second kappa shape index (κ2) is 5.21. The smallest absolute Gasteiger partial charge is 0.227 e. The topological polar surface area (TPSA) is 32.3 Å². The Balaban J connectivity index is 1.41. The third kappa shape index (κ3) is 2.45. The monoisotopic (exact) mass is 282 g/mol. The number of carbonyl (C=O) groups excluding carboxylic acids is 1. The predicted octanol–water partition coefficient (Wildman–Crippen LogP) is 3.44. The number of allylic oxidation sites excluding steroid dienone is 2. The van der Waals surface area contributed by atoms with Gasteiger partial charge in [-0.1, -0.05) is 18.2 Å². The number of carbonyl (C=O) groups is 1. The van der Waals surface area contributed by atoms with Crippen LogP contribution in [-0.2, 0) is 4.79 Å². The first-order chi connectivity index (χ1) is 10.3. The van der Waals surface area contributed by atoms with Gasteiger partial charge in [-0.3, -0.25) is 4.79 Å². The Labute approximate surface area is 126 Å². The Morgan fingerprint density at radius 3 is 2.90 bits per heavy atom. The van der Waals surface area contributed by atoms with Crippen LogP contribution in [0.3, 0.4) is 0 Å². The third-order valence-electron chi connectivity index (χ3n) is 5.22. The minimum absolute atomic E-state index is 0.255. The van der Waals surface area contributed by atoms with Crippen molar-refractivity contribution in [3.8, 4) is 0 Å². The summed E-state index contributed by atoms with van der Waals surface area (Å²) >= 11 is 0. The van der Waals surface area contributed by atoms with Crippen LogP contribution in [0.4, 0.5) is 11.4 Å². The quantitative estimate of drug-likeness (QED) is 0.858. The molecule has 2 bridgehead atoms. The van der Waals surface area contributed by atoms with Crippen molar-refractivity contribution in [1.82, 2.24) is 0 Å². The van der Waals surface area contributed by atoms with Crippen molar-refractivity contribution >= 4 is 17.3 Å². The largest absolute Gasteiger partial charge is 0.385 e. The Morgan fingerprint density at radius 2 is 2.19 bits per heavy atom. The molecule has 1 aromatic carbocycles. The highest BCUT2D eigenvalue weighted by atomic mass is 16.2. The van der Waals surface area contributed by atoms with Gasteiger partial charge in [-0.15, -0.1) is 0 Å². The van der Waals surface area contributed by atoms with Crippen molar-refractivity contribution in [2.45, 2.75) is 25.7 Å². The second-order valence-electron chi connectivity index (χ2n) is 6.62. The molecule has 3 atom stereocenters. The summed E-state index contributed by atoms with van der Waals surface area (Å²) in [6.07, 6.45) is 9.15. The lowest BCUT2D eigenvalue weighted by Gasteiger charge is -2.21. The molecule has 4 rings (SSSR count). The Bertz CT molecular complexity index is 580. The zero-order valence-electron chi connectivity index (χ0n) is 12.3. The van der Waals surface area contributed by atoms with Gasteiger partial charge >= 0.3 is 0 Å². The molecule has 3 heteroatoms. The van der Waals surface area contributed by atoms with E-state index in [1.54, 1.807) is 0 Å². The van der Waals surface area contributed by atoms with Crippen LogP contribution >= 0.6 is 0 Å². The molecule has 1 saturated heterocycles. The van der Waals surface area contributed by atoms with Gasteiger partial charge < -0.3 is 10.2 Å². The fourth-order valence-electron chi connectivity index (χ4n) is 4.08. The van der Waals surface area contributed by atoms with Gasteiger partial charge in [0, 0.05) is 30.9 Å². The Hall–Kier alpha value is -1.77. The first-order valence-corrected chi connectivity index (χ1v) is 8.12. The molecule has 0 radical (unpaired) electrons. The summed E-state index contributed by atoms with van der Waals surface area (Å²) < 4.78 is 0. The summed E-state index contributed by atoms with van der Waals surface area (Å²) in [4.78, 5) is 13.7. The average molecular weight is 282 g/mol. The van der Waals surface area contributed by atoms with Crippen LogP contribution in [0.25, 0.3) is 0 Å². The van der Waals surface area contributed by atoms with E-state index in [0.717, 1.165) is 48.6 Å². The number of hydrogen-bond donors (Lipinski definition) is 1. The number of hydrogen-bond acceptors (Lipinski definition) is 2. The molecule has 3 nitrogen and oxygen atoms in total. The summed E-state index contributed by atoms with van der Waals surface area (Å²) in [5.41, 5.74) is 2.18. The van der Waals surface area contributed by atoms with Crippen LogP contribution in [0.2, 0.25) is 0 Å². The van der Waals surface area contributed by atoms with Gasteiger partial charge in [0.05, 0.1) is 0 Å². The van der Waals surface area contributed by atoms with Gasteiger partial charge in [0.1, 0.15) is 0 Å². The Morgan fingerprint density at radius 1 is 1.24 bits per heavy atom. The Kier molecular flexibility index (Phi) is 3.21. The molecule has 21 heavy (non-hydrogen) atoms. The summed E-state index contributed by atoms with van der Waals surface area (Å²) in [5.74, 6) is 2.64. The van der Waals surface area contributed by atoms with Crippen LogP contribution in [0.1, 0.15) is 25.7 Å². The minimum atomic E-state index is 0.255. The summed E-state index contributed by atoms with van der Waals surface area (Å²) in [6.45, 7) is 1.91. The van der Waals surface area contributed by atoms with E-state index >= 15 is 0 Å². The molecule has 1 aromatic rings. The zero-order valence-corrected chi connectivity index (χ0v) is 12.3. The summed E-state index contributed by atoms with van der Waals surface area (Å²) in [6, 6.07) is 8.30. The molecule has 1 amide bonds. The van der Waals surface area contributed by atoms with Crippen molar-refractivity contribution in [3.05, 3.63) is 36.4 Å². The van der Waals surface area contributed by atoms with E-state index in [1.165, 1.54) is 12.8 Å². The van der Waals surface area contributed by atoms with Crippen LogP contribution in [0.5, 0.6) is 0 Å².